The normalized spacial score (nSPS) is 14.0. The highest BCUT2D eigenvalue weighted by molar-refractivity contribution is 7.99. The minimum absolute atomic E-state index is 0.00716. The van der Waals surface area contributed by atoms with Gasteiger partial charge in [-0.05, 0) is 6.92 Å². The number of hydrogen-bond acceptors (Lipinski definition) is 7. The molecule has 0 amide bonds. The van der Waals surface area contributed by atoms with Gasteiger partial charge in [-0.25, -0.2) is 4.98 Å². The van der Waals surface area contributed by atoms with E-state index < -0.39 is 4.92 Å². The Kier molecular flexibility index (Phi) is 5.23. The van der Waals surface area contributed by atoms with E-state index in [9.17, 15) is 10.1 Å². The SMILES string of the molecule is CNC(N)=C(C(C)SCc1cscn1)[N+](=O)[O-]. The Bertz CT molecular complexity index is 405. The van der Waals surface area contributed by atoms with Crippen molar-refractivity contribution in [2.24, 2.45) is 5.73 Å². The number of nitrogens with two attached hydrogens (primary N) is 1. The van der Waals surface area contributed by atoms with Crippen LogP contribution in [0, 0.1) is 10.1 Å². The van der Waals surface area contributed by atoms with Crippen molar-refractivity contribution in [1.29, 1.82) is 0 Å². The van der Waals surface area contributed by atoms with Crippen LogP contribution in [0.25, 0.3) is 0 Å². The van der Waals surface area contributed by atoms with Crippen molar-refractivity contribution in [3.8, 4) is 0 Å². The van der Waals surface area contributed by atoms with E-state index in [1.54, 1.807) is 19.5 Å². The highest BCUT2D eigenvalue weighted by atomic mass is 32.2. The van der Waals surface area contributed by atoms with Gasteiger partial charge in [0.15, 0.2) is 5.82 Å². The summed E-state index contributed by atoms with van der Waals surface area (Å²) in [5.41, 5.74) is 8.25. The predicted molar refractivity (Wildman–Crippen MR) is 70.1 cm³/mol. The summed E-state index contributed by atoms with van der Waals surface area (Å²) in [6.45, 7) is 1.76. The Labute approximate surface area is 107 Å². The van der Waals surface area contributed by atoms with Gasteiger partial charge < -0.3 is 11.1 Å². The number of aromatic nitrogens is 1. The molecule has 0 aliphatic carbocycles. The van der Waals surface area contributed by atoms with Crippen LogP contribution in [-0.2, 0) is 5.75 Å². The number of rotatable bonds is 6. The van der Waals surface area contributed by atoms with Gasteiger partial charge in [0.05, 0.1) is 21.4 Å². The van der Waals surface area contributed by atoms with Crippen molar-refractivity contribution in [3.05, 3.63) is 38.2 Å². The second-order valence-electron chi connectivity index (χ2n) is 3.24. The molecule has 0 saturated carbocycles. The van der Waals surface area contributed by atoms with Gasteiger partial charge in [-0.3, -0.25) is 10.1 Å². The fourth-order valence-electron chi connectivity index (χ4n) is 1.19. The Morgan fingerprint density at radius 3 is 3.00 bits per heavy atom. The van der Waals surface area contributed by atoms with Gasteiger partial charge >= 0.3 is 0 Å². The molecule has 0 bridgehead atoms. The molecule has 1 atom stereocenters. The minimum Gasteiger partial charge on any atom is -0.380 e. The first-order valence-corrected chi connectivity index (χ1v) is 6.85. The first kappa shape index (κ1) is 13.8. The van der Waals surface area contributed by atoms with Crippen molar-refractivity contribution < 1.29 is 4.92 Å². The molecule has 0 saturated heterocycles. The van der Waals surface area contributed by atoms with Crippen LogP contribution in [0.5, 0.6) is 0 Å². The van der Waals surface area contributed by atoms with E-state index in [1.807, 2.05) is 5.38 Å². The lowest BCUT2D eigenvalue weighted by Gasteiger charge is -2.10. The molecule has 6 nitrogen and oxygen atoms in total. The van der Waals surface area contributed by atoms with Gasteiger partial charge in [-0.1, -0.05) is 0 Å². The zero-order valence-electron chi connectivity index (χ0n) is 9.54. The maximum atomic E-state index is 10.9. The molecule has 0 aliphatic heterocycles. The maximum Gasteiger partial charge on any atom is 0.298 e. The predicted octanol–water partition coefficient (Wildman–Crippen LogP) is 1.39. The largest absolute Gasteiger partial charge is 0.380 e. The topological polar surface area (TPSA) is 94.1 Å². The molecular formula is C9H14N4O2S2. The van der Waals surface area contributed by atoms with Crippen LogP contribution in [0.4, 0.5) is 0 Å². The average molecular weight is 274 g/mol. The minimum atomic E-state index is -0.440. The van der Waals surface area contributed by atoms with Gasteiger partial charge in [0.1, 0.15) is 0 Å². The highest BCUT2D eigenvalue weighted by Gasteiger charge is 2.24. The van der Waals surface area contributed by atoms with E-state index in [4.69, 9.17) is 5.73 Å². The summed E-state index contributed by atoms with van der Waals surface area (Å²) < 4.78 is 0. The zero-order valence-corrected chi connectivity index (χ0v) is 11.2. The standard InChI is InChI=1S/C9H14N4O2S2/c1-6(8(13(14)15)9(10)11-2)17-4-7-3-16-5-12-7/h3,5-6,11H,4,10H2,1-2H3. The van der Waals surface area contributed by atoms with Crippen molar-refractivity contribution >= 4 is 23.1 Å². The average Bonchev–Trinajstić information content (AvgIpc) is 2.78. The van der Waals surface area contributed by atoms with Crippen molar-refractivity contribution in [3.63, 3.8) is 0 Å². The molecule has 17 heavy (non-hydrogen) atoms. The summed E-state index contributed by atoms with van der Waals surface area (Å²) in [5.74, 6) is 0.743. The Balaban J connectivity index is 2.67. The van der Waals surface area contributed by atoms with Gasteiger partial charge in [0.25, 0.3) is 5.70 Å². The molecule has 1 aromatic rings. The van der Waals surface area contributed by atoms with E-state index in [0.717, 1.165) is 5.69 Å². The molecule has 94 valence electrons. The van der Waals surface area contributed by atoms with Crippen LogP contribution in [-0.4, -0.2) is 22.2 Å². The summed E-state index contributed by atoms with van der Waals surface area (Å²) in [6.07, 6.45) is 0. The molecular weight excluding hydrogens is 260 g/mol. The van der Waals surface area contributed by atoms with Gasteiger partial charge in [-0.15, -0.1) is 23.1 Å². The molecule has 3 N–H and O–H groups in total. The molecule has 1 rings (SSSR count). The van der Waals surface area contributed by atoms with E-state index in [-0.39, 0.29) is 16.8 Å². The van der Waals surface area contributed by atoms with Gasteiger partial charge in [0.2, 0.25) is 0 Å². The summed E-state index contributed by atoms with van der Waals surface area (Å²) >= 11 is 2.95. The van der Waals surface area contributed by atoms with Crippen molar-refractivity contribution in [2.75, 3.05) is 7.05 Å². The second kappa shape index (κ2) is 6.45. The van der Waals surface area contributed by atoms with Gasteiger partial charge in [0, 0.05) is 18.2 Å². The lowest BCUT2D eigenvalue weighted by atomic mass is 10.3. The van der Waals surface area contributed by atoms with Crippen molar-refractivity contribution in [2.45, 2.75) is 17.9 Å². The number of thioether (sulfide) groups is 1. The third-order valence-electron chi connectivity index (χ3n) is 2.09. The van der Waals surface area contributed by atoms with Crippen molar-refractivity contribution in [1.82, 2.24) is 10.3 Å². The maximum absolute atomic E-state index is 10.9. The lowest BCUT2D eigenvalue weighted by Crippen LogP contribution is -2.25. The third-order valence-corrected chi connectivity index (χ3v) is 3.91. The fraction of sp³-hybridized carbons (Fsp3) is 0.444. The van der Waals surface area contributed by atoms with E-state index in [2.05, 4.69) is 10.3 Å². The third kappa shape index (κ3) is 3.90. The van der Waals surface area contributed by atoms with E-state index >= 15 is 0 Å². The molecule has 1 aromatic heterocycles. The summed E-state index contributed by atoms with van der Waals surface area (Å²) in [7, 11) is 1.57. The first-order chi connectivity index (χ1) is 8.06. The van der Waals surface area contributed by atoms with Gasteiger partial charge in [-0.2, -0.15) is 0 Å². The zero-order chi connectivity index (χ0) is 12.8. The van der Waals surface area contributed by atoms with Crippen LogP contribution >= 0.6 is 23.1 Å². The number of nitrogens with one attached hydrogen (secondary N) is 1. The summed E-state index contributed by atoms with van der Waals surface area (Å²) in [4.78, 5) is 14.6. The molecule has 0 radical (unpaired) electrons. The van der Waals surface area contributed by atoms with Crippen LogP contribution in [0.1, 0.15) is 12.6 Å². The summed E-state index contributed by atoms with van der Waals surface area (Å²) in [6, 6.07) is 0. The Hall–Kier alpha value is -1.28. The smallest absolute Gasteiger partial charge is 0.298 e. The summed E-state index contributed by atoms with van der Waals surface area (Å²) in [5, 5.41) is 15.1. The van der Waals surface area contributed by atoms with Crippen LogP contribution < -0.4 is 11.1 Å². The number of thiazole rings is 1. The molecule has 8 heteroatoms. The number of nitrogens with zero attached hydrogens (tertiary/aromatic N) is 2. The van der Waals surface area contributed by atoms with Crippen LogP contribution in [0.15, 0.2) is 22.4 Å². The first-order valence-electron chi connectivity index (χ1n) is 4.86. The molecule has 1 heterocycles. The molecule has 1 unspecified atom stereocenters. The molecule has 0 aliphatic rings. The van der Waals surface area contributed by atoms with Crippen LogP contribution in [0.3, 0.4) is 0 Å². The fourth-order valence-corrected chi connectivity index (χ4v) is 2.81. The Morgan fingerprint density at radius 2 is 2.53 bits per heavy atom. The van der Waals surface area contributed by atoms with E-state index in [0.29, 0.717) is 5.75 Å². The molecule has 0 spiro atoms. The second-order valence-corrected chi connectivity index (χ2v) is 5.29. The molecule has 0 aromatic carbocycles. The molecule has 0 fully saturated rings. The number of nitro groups is 1. The monoisotopic (exact) mass is 274 g/mol. The quantitative estimate of drug-likeness (QED) is 0.601. The lowest BCUT2D eigenvalue weighted by molar-refractivity contribution is -0.428. The van der Waals surface area contributed by atoms with Crippen LogP contribution in [0.2, 0.25) is 0 Å². The Morgan fingerprint density at radius 1 is 1.82 bits per heavy atom. The van der Waals surface area contributed by atoms with E-state index in [1.165, 1.54) is 23.1 Å². The highest BCUT2D eigenvalue weighted by Crippen LogP contribution is 2.24. The number of hydrogen-bond donors (Lipinski definition) is 2.